The number of ether oxygens (including phenoxy) is 2. The maximum absolute atomic E-state index is 14.1. The van der Waals surface area contributed by atoms with Gasteiger partial charge in [-0.2, -0.15) is 12.6 Å². The van der Waals surface area contributed by atoms with Crippen molar-refractivity contribution in [3.63, 3.8) is 0 Å². The number of rotatable bonds is 13. The van der Waals surface area contributed by atoms with Crippen LogP contribution in [-0.4, -0.2) is 53.9 Å². The van der Waals surface area contributed by atoms with E-state index in [1.165, 1.54) is 4.90 Å². The third-order valence-electron chi connectivity index (χ3n) is 6.04. The van der Waals surface area contributed by atoms with Crippen LogP contribution in [0.3, 0.4) is 0 Å². The van der Waals surface area contributed by atoms with Gasteiger partial charge >= 0.3 is 6.09 Å². The van der Waals surface area contributed by atoms with Gasteiger partial charge in [-0.3, -0.25) is 9.59 Å². The maximum atomic E-state index is 14.1. The number of nitrogens with zero attached hydrogens (tertiary/aromatic N) is 1. The van der Waals surface area contributed by atoms with Crippen molar-refractivity contribution in [1.29, 1.82) is 0 Å². The van der Waals surface area contributed by atoms with Crippen molar-refractivity contribution >= 4 is 36.2 Å². The molecule has 0 spiro atoms. The summed E-state index contributed by atoms with van der Waals surface area (Å²) in [5, 5.41) is 5.55. The van der Waals surface area contributed by atoms with E-state index in [0.717, 1.165) is 19.3 Å². The molecular weight excluding hydrogens is 526 g/mol. The molecule has 0 heterocycles. The molecule has 0 aliphatic heterocycles. The molecule has 2 unspecified atom stereocenters. The summed E-state index contributed by atoms with van der Waals surface area (Å²) in [6.07, 6.45) is 8.60. The summed E-state index contributed by atoms with van der Waals surface area (Å²) in [7, 11) is 1.56. The molecule has 2 N–H and O–H groups in total. The first kappa shape index (κ1) is 32.6. The summed E-state index contributed by atoms with van der Waals surface area (Å²) in [4.78, 5) is 42.1. The number of hydrogen-bond donors (Lipinski definition) is 3. The largest absolute Gasteiger partial charge is 0.497 e. The lowest BCUT2D eigenvalue weighted by Gasteiger charge is -2.34. The molecule has 8 nitrogen and oxygen atoms in total. The van der Waals surface area contributed by atoms with Crippen molar-refractivity contribution in [3.05, 3.63) is 59.7 Å². The van der Waals surface area contributed by atoms with Crippen molar-refractivity contribution in [1.82, 2.24) is 10.2 Å². The molecule has 0 bridgehead atoms. The predicted octanol–water partition coefficient (Wildman–Crippen LogP) is 5.59. The number of alkyl carbamates (subject to hydrolysis) is 1. The van der Waals surface area contributed by atoms with Gasteiger partial charge in [-0.15, -0.1) is 6.42 Å². The van der Waals surface area contributed by atoms with Gasteiger partial charge in [-0.05, 0) is 63.1 Å². The second-order valence-corrected chi connectivity index (χ2v) is 10.7. The molecule has 0 radical (unpaired) electrons. The number of unbranched alkanes of at least 4 members (excludes halogenated alkanes) is 3. The zero-order valence-electron chi connectivity index (χ0n) is 24.0. The first-order valence-electron chi connectivity index (χ1n) is 13.5. The van der Waals surface area contributed by atoms with Crippen LogP contribution in [-0.2, 0) is 14.3 Å². The fraction of sp³-hybridized carbons (Fsp3) is 0.452. The number of nitrogens with one attached hydrogen (secondary N) is 2. The van der Waals surface area contributed by atoms with Crippen LogP contribution < -0.4 is 15.4 Å². The van der Waals surface area contributed by atoms with Gasteiger partial charge in [0.05, 0.1) is 7.11 Å². The molecule has 2 rings (SSSR count). The molecule has 2 atom stereocenters. The number of hydrogen-bond acceptors (Lipinski definition) is 6. The lowest BCUT2D eigenvalue weighted by molar-refractivity contribution is -0.140. The maximum Gasteiger partial charge on any atom is 0.408 e. The molecule has 0 saturated heterocycles. The van der Waals surface area contributed by atoms with Gasteiger partial charge in [-0.25, -0.2) is 4.79 Å². The summed E-state index contributed by atoms with van der Waals surface area (Å²) >= 11 is 4.34. The Kier molecular flexibility index (Phi) is 12.9. The normalized spacial score (nSPS) is 12.4. The Morgan fingerprint density at radius 1 is 1.05 bits per heavy atom. The van der Waals surface area contributed by atoms with Crippen molar-refractivity contribution in [2.24, 2.45) is 0 Å². The lowest BCUT2D eigenvalue weighted by atomic mass is 9.97. The molecular formula is C31H41N3O5S. The second kappa shape index (κ2) is 15.8. The second-order valence-electron chi connectivity index (χ2n) is 10.3. The number of anilines is 1. The minimum atomic E-state index is -1.06. The van der Waals surface area contributed by atoms with Crippen LogP contribution in [0.5, 0.6) is 5.75 Å². The molecule has 2 aromatic carbocycles. The highest BCUT2D eigenvalue weighted by molar-refractivity contribution is 7.80. The van der Waals surface area contributed by atoms with Crippen LogP contribution in [0.4, 0.5) is 10.5 Å². The summed E-state index contributed by atoms with van der Waals surface area (Å²) < 4.78 is 10.6. The number of amides is 3. The number of thiol groups is 1. The fourth-order valence-electron chi connectivity index (χ4n) is 4.11. The lowest BCUT2D eigenvalue weighted by Crippen LogP contribution is -2.53. The molecule has 40 heavy (non-hydrogen) atoms. The van der Waals surface area contributed by atoms with E-state index in [1.807, 2.05) is 0 Å². The van der Waals surface area contributed by atoms with Gasteiger partial charge in [-0.1, -0.05) is 50.3 Å². The molecule has 216 valence electrons. The minimum Gasteiger partial charge on any atom is -0.497 e. The van der Waals surface area contributed by atoms with E-state index >= 15 is 0 Å². The molecule has 3 amide bonds. The first-order chi connectivity index (χ1) is 19.0. The van der Waals surface area contributed by atoms with Crippen LogP contribution in [0.1, 0.15) is 70.5 Å². The highest BCUT2D eigenvalue weighted by Crippen LogP contribution is 2.28. The van der Waals surface area contributed by atoms with Gasteiger partial charge in [0.25, 0.3) is 5.91 Å². The average Bonchev–Trinajstić information content (AvgIpc) is 2.92. The Hall–Kier alpha value is -3.64. The minimum absolute atomic E-state index is 0.00708. The van der Waals surface area contributed by atoms with E-state index in [-0.39, 0.29) is 12.3 Å². The van der Waals surface area contributed by atoms with Gasteiger partial charge in [0.15, 0.2) is 0 Å². The van der Waals surface area contributed by atoms with E-state index in [4.69, 9.17) is 15.9 Å². The number of carbonyl (C=O) groups is 3. The van der Waals surface area contributed by atoms with E-state index in [1.54, 1.807) is 76.4 Å². The van der Waals surface area contributed by atoms with Gasteiger partial charge in [0, 0.05) is 23.5 Å². The van der Waals surface area contributed by atoms with Crippen molar-refractivity contribution in [2.45, 2.75) is 71.1 Å². The molecule has 0 aliphatic rings. The summed E-state index contributed by atoms with van der Waals surface area (Å²) in [6.45, 7) is 7.58. The molecule has 0 aromatic heterocycles. The Bertz CT molecular complexity index is 1170. The van der Waals surface area contributed by atoms with E-state index in [9.17, 15) is 14.4 Å². The quantitative estimate of drug-likeness (QED) is 0.167. The van der Waals surface area contributed by atoms with Crippen molar-refractivity contribution in [2.75, 3.05) is 24.7 Å². The Balaban J connectivity index is 2.52. The Morgan fingerprint density at radius 2 is 1.73 bits per heavy atom. The van der Waals surface area contributed by atoms with Crippen molar-refractivity contribution in [3.8, 4) is 18.1 Å². The van der Waals surface area contributed by atoms with Gasteiger partial charge < -0.3 is 25.0 Å². The Morgan fingerprint density at radius 3 is 2.30 bits per heavy atom. The molecule has 0 saturated carbocycles. The Labute approximate surface area is 243 Å². The van der Waals surface area contributed by atoms with E-state index in [2.05, 4.69) is 36.1 Å². The zero-order chi connectivity index (χ0) is 29.7. The standard InChI is InChI=1S/C31H41N3O5S/c1-7-9-10-13-20-34(29(36)26(21-40)33-30(37)39-31(3,4)5)27(25-15-12-11-14-22(25)8-2)28(35)32-23-16-18-24(38-6)19-17-23/h2,11-12,14-19,26-27,40H,7,9-10,13,20-21H2,1,3-6H3,(H,32,35)(H,33,37). The van der Waals surface area contributed by atoms with Crippen LogP contribution in [0.25, 0.3) is 0 Å². The van der Waals surface area contributed by atoms with Gasteiger partial charge in [0.2, 0.25) is 5.91 Å². The molecule has 9 heteroatoms. The molecule has 2 aromatic rings. The third-order valence-corrected chi connectivity index (χ3v) is 6.40. The highest BCUT2D eigenvalue weighted by Gasteiger charge is 2.36. The number of terminal acetylenes is 1. The average molecular weight is 568 g/mol. The highest BCUT2D eigenvalue weighted by atomic mass is 32.1. The number of benzene rings is 2. The van der Waals surface area contributed by atoms with E-state index < -0.39 is 35.6 Å². The van der Waals surface area contributed by atoms with Crippen LogP contribution in [0.2, 0.25) is 0 Å². The van der Waals surface area contributed by atoms with E-state index in [0.29, 0.717) is 29.0 Å². The van der Waals surface area contributed by atoms with Gasteiger partial charge in [0.1, 0.15) is 23.4 Å². The van der Waals surface area contributed by atoms with Crippen LogP contribution >= 0.6 is 12.6 Å². The van der Waals surface area contributed by atoms with Crippen LogP contribution in [0, 0.1) is 12.3 Å². The SMILES string of the molecule is C#Cc1ccccc1C(C(=O)Nc1ccc(OC)cc1)N(CCCCCC)C(=O)C(CS)NC(=O)OC(C)(C)C. The first-order valence-corrected chi connectivity index (χ1v) is 14.1. The molecule has 0 fully saturated rings. The summed E-state index contributed by atoms with van der Waals surface area (Å²) in [6, 6.07) is 11.8. The summed E-state index contributed by atoms with van der Waals surface area (Å²) in [5.41, 5.74) is 0.784. The third kappa shape index (κ3) is 9.83. The number of carbonyl (C=O) groups excluding carboxylic acids is 3. The monoisotopic (exact) mass is 567 g/mol. The zero-order valence-corrected chi connectivity index (χ0v) is 24.9. The van der Waals surface area contributed by atoms with Crippen molar-refractivity contribution < 1.29 is 23.9 Å². The number of methoxy groups -OCH3 is 1. The molecule has 0 aliphatic carbocycles. The fourth-order valence-corrected chi connectivity index (χ4v) is 4.36. The van der Waals surface area contributed by atoms with Crippen LogP contribution in [0.15, 0.2) is 48.5 Å². The predicted molar refractivity (Wildman–Crippen MR) is 162 cm³/mol. The summed E-state index contributed by atoms with van der Waals surface area (Å²) in [5.74, 6) is 2.40. The smallest absolute Gasteiger partial charge is 0.408 e. The topological polar surface area (TPSA) is 97.0 Å².